The van der Waals surface area contributed by atoms with E-state index in [0.29, 0.717) is 19.4 Å². The normalized spacial score (nSPS) is 13.4. The zero-order valence-electron chi connectivity index (χ0n) is 13.5. The van der Waals surface area contributed by atoms with Gasteiger partial charge in [-0.15, -0.1) is 0 Å². The van der Waals surface area contributed by atoms with E-state index in [4.69, 9.17) is 4.74 Å². The van der Waals surface area contributed by atoms with Gasteiger partial charge >= 0.3 is 5.97 Å². The molecule has 0 aromatic heterocycles. The van der Waals surface area contributed by atoms with Crippen molar-refractivity contribution in [2.24, 2.45) is 5.92 Å². The van der Waals surface area contributed by atoms with E-state index in [9.17, 15) is 9.90 Å². The van der Waals surface area contributed by atoms with Crippen molar-refractivity contribution in [1.82, 2.24) is 0 Å². The summed E-state index contributed by atoms with van der Waals surface area (Å²) >= 11 is 0. The lowest BCUT2D eigenvalue weighted by Gasteiger charge is -2.21. The molecule has 0 amide bonds. The number of carboxylic acid groups (broad SMARTS) is 1. The summed E-state index contributed by atoms with van der Waals surface area (Å²) in [5.41, 5.74) is 2.17. The first-order chi connectivity index (χ1) is 11.2. The Morgan fingerprint density at radius 1 is 1.00 bits per heavy atom. The van der Waals surface area contributed by atoms with Gasteiger partial charge in [-0.1, -0.05) is 67.6 Å². The summed E-state index contributed by atoms with van der Waals surface area (Å²) in [4.78, 5) is 11.6. The average molecular weight is 312 g/mol. The Labute approximate surface area is 137 Å². The largest absolute Gasteiger partial charge is 0.481 e. The molecule has 1 N–H and O–H groups in total. The van der Waals surface area contributed by atoms with Crippen molar-refractivity contribution in [3.05, 3.63) is 71.8 Å². The molecule has 0 radical (unpaired) electrons. The number of hydrogen-bond donors (Lipinski definition) is 1. The van der Waals surface area contributed by atoms with Crippen LogP contribution in [-0.4, -0.2) is 17.2 Å². The van der Waals surface area contributed by atoms with E-state index < -0.39 is 11.9 Å². The van der Waals surface area contributed by atoms with Gasteiger partial charge in [-0.3, -0.25) is 4.79 Å². The third-order valence-corrected chi connectivity index (χ3v) is 4.01. The molecule has 2 atom stereocenters. The van der Waals surface area contributed by atoms with Crippen molar-refractivity contribution < 1.29 is 14.6 Å². The molecule has 23 heavy (non-hydrogen) atoms. The fourth-order valence-electron chi connectivity index (χ4n) is 2.63. The van der Waals surface area contributed by atoms with Gasteiger partial charge in [0, 0.05) is 0 Å². The molecule has 0 aliphatic heterocycles. The second-order valence-electron chi connectivity index (χ2n) is 5.79. The second-order valence-corrected chi connectivity index (χ2v) is 5.79. The van der Waals surface area contributed by atoms with Gasteiger partial charge in [0.05, 0.1) is 18.6 Å². The third kappa shape index (κ3) is 5.87. The molecule has 2 aromatic carbocycles. The van der Waals surface area contributed by atoms with Gasteiger partial charge < -0.3 is 9.84 Å². The van der Waals surface area contributed by atoms with Crippen LogP contribution in [0.15, 0.2) is 60.7 Å². The lowest BCUT2D eigenvalue weighted by molar-refractivity contribution is -0.143. The molecule has 3 nitrogen and oxygen atoms in total. The molecule has 2 unspecified atom stereocenters. The van der Waals surface area contributed by atoms with E-state index >= 15 is 0 Å². The number of hydrogen-bond acceptors (Lipinski definition) is 2. The summed E-state index contributed by atoms with van der Waals surface area (Å²) in [6.07, 6.45) is 1.85. The van der Waals surface area contributed by atoms with Gasteiger partial charge in [-0.05, 0) is 30.4 Å². The highest BCUT2D eigenvalue weighted by Crippen LogP contribution is 2.19. The smallest absolute Gasteiger partial charge is 0.306 e. The lowest BCUT2D eigenvalue weighted by Crippen LogP contribution is -2.24. The number of carboxylic acids is 1. The quantitative estimate of drug-likeness (QED) is 0.750. The SMILES string of the molecule is CCC(CC(Cc1ccccc1)C(=O)O)OCc1ccccc1. The number of carbonyl (C=O) groups is 1. The van der Waals surface area contributed by atoms with Crippen molar-refractivity contribution in [2.45, 2.75) is 38.9 Å². The zero-order chi connectivity index (χ0) is 16.5. The summed E-state index contributed by atoms with van der Waals surface area (Å²) in [5, 5.41) is 9.51. The van der Waals surface area contributed by atoms with Crippen LogP contribution in [0.5, 0.6) is 0 Å². The molecule has 122 valence electrons. The van der Waals surface area contributed by atoms with Crippen molar-refractivity contribution >= 4 is 5.97 Å². The number of aliphatic carboxylic acids is 1. The molecule has 3 heteroatoms. The maximum Gasteiger partial charge on any atom is 0.306 e. The first-order valence-electron chi connectivity index (χ1n) is 8.11. The topological polar surface area (TPSA) is 46.5 Å². The summed E-state index contributed by atoms with van der Waals surface area (Å²) in [6.45, 7) is 2.56. The van der Waals surface area contributed by atoms with Crippen LogP contribution in [0.2, 0.25) is 0 Å². The molecule has 0 spiro atoms. The molecule has 0 saturated carbocycles. The minimum atomic E-state index is -0.754. The van der Waals surface area contributed by atoms with Gasteiger partial charge in [0.25, 0.3) is 0 Å². The van der Waals surface area contributed by atoms with Crippen LogP contribution in [0.4, 0.5) is 0 Å². The van der Waals surface area contributed by atoms with Crippen LogP contribution in [0.25, 0.3) is 0 Å². The standard InChI is InChI=1S/C20H24O3/c1-2-19(23-15-17-11-7-4-8-12-17)14-18(20(21)22)13-16-9-5-3-6-10-16/h3-12,18-19H,2,13-15H2,1H3,(H,21,22). The van der Waals surface area contributed by atoms with Crippen molar-refractivity contribution in [1.29, 1.82) is 0 Å². The van der Waals surface area contributed by atoms with Crippen molar-refractivity contribution in [3.63, 3.8) is 0 Å². The Kier molecular flexibility index (Phi) is 6.82. The van der Waals surface area contributed by atoms with Gasteiger partial charge in [-0.25, -0.2) is 0 Å². The van der Waals surface area contributed by atoms with E-state index in [1.54, 1.807) is 0 Å². The Morgan fingerprint density at radius 3 is 2.09 bits per heavy atom. The number of benzene rings is 2. The van der Waals surface area contributed by atoms with E-state index in [1.807, 2.05) is 67.6 Å². The first kappa shape index (κ1) is 17.2. The van der Waals surface area contributed by atoms with Gasteiger partial charge in [-0.2, -0.15) is 0 Å². The van der Waals surface area contributed by atoms with Gasteiger partial charge in [0.15, 0.2) is 0 Å². The maximum absolute atomic E-state index is 11.6. The van der Waals surface area contributed by atoms with E-state index in [2.05, 4.69) is 0 Å². The first-order valence-corrected chi connectivity index (χ1v) is 8.11. The van der Waals surface area contributed by atoms with Crippen LogP contribution in [0.3, 0.4) is 0 Å². The highest BCUT2D eigenvalue weighted by molar-refractivity contribution is 5.70. The molecule has 2 rings (SSSR count). The van der Waals surface area contributed by atoms with E-state index in [-0.39, 0.29) is 6.10 Å². The predicted molar refractivity (Wildman–Crippen MR) is 91.2 cm³/mol. The molecule has 0 bridgehead atoms. The average Bonchev–Trinajstić information content (AvgIpc) is 2.59. The summed E-state index contributed by atoms with van der Waals surface area (Å²) in [7, 11) is 0. The second kappa shape index (κ2) is 9.11. The van der Waals surface area contributed by atoms with Crippen molar-refractivity contribution in [2.75, 3.05) is 0 Å². The van der Waals surface area contributed by atoms with E-state index in [1.165, 1.54) is 0 Å². The number of ether oxygens (including phenoxy) is 1. The molecule has 0 heterocycles. The zero-order valence-corrected chi connectivity index (χ0v) is 13.5. The van der Waals surface area contributed by atoms with Crippen LogP contribution >= 0.6 is 0 Å². The summed E-state index contributed by atoms with van der Waals surface area (Å²) in [5.74, 6) is -1.17. The number of rotatable bonds is 9. The third-order valence-electron chi connectivity index (χ3n) is 4.01. The molecule has 0 fully saturated rings. The maximum atomic E-state index is 11.6. The molecule has 0 aliphatic carbocycles. The van der Waals surface area contributed by atoms with Crippen LogP contribution in [0.1, 0.15) is 30.9 Å². The minimum absolute atomic E-state index is 0.0416. The monoisotopic (exact) mass is 312 g/mol. The van der Waals surface area contributed by atoms with Crippen LogP contribution < -0.4 is 0 Å². The highest BCUT2D eigenvalue weighted by Gasteiger charge is 2.22. The Morgan fingerprint density at radius 2 is 1.57 bits per heavy atom. The van der Waals surface area contributed by atoms with Crippen LogP contribution in [0, 0.1) is 5.92 Å². The molecular weight excluding hydrogens is 288 g/mol. The fraction of sp³-hybridized carbons (Fsp3) is 0.350. The Hall–Kier alpha value is -2.13. The molecular formula is C20H24O3. The summed E-state index contributed by atoms with van der Waals surface area (Å²) < 4.78 is 5.93. The van der Waals surface area contributed by atoms with Crippen molar-refractivity contribution in [3.8, 4) is 0 Å². The molecule has 2 aromatic rings. The van der Waals surface area contributed by atoms with Crippen LogP contribution in [-0.2, 0) is 22.6 Å². The minimum Gasteiger partial charge on any atom is -0.481 e. The lowest BCUT2D eigenvalue weighted by atomic mass is 9.93. The van der Waals surface area contributed by atoms with Gasteiger partial charge in [0.2, 0.25) is 0 Å². The molecule has 0 aliphatic rings. The summed E-state index contributed by atoms with van der Waals surface area (Å²) in [6, 6.07) is 19.7. The Bertz CT molecular complexity index is 580. The molecule has 0 saturated heterocycles. The Balaban J connectivity index is 1.92. The predicted octanol–water partition coefficient (Wildman–Crippen LogP) is 4.32. The highest BCUT2D eigenvalue weighted by atomic mass is 16.5. The fourth-order valence-corrected chi connectivity index (χ4v) is 2.63. The van der Waals surface area contributed by atoms with Gasteiger partial charge in [0.1, 0.15) is 0 Å². The van der Waals surface area contributed by atoms with E-state index in [0.717, 1.165) is 17.5 Å².